The molecule has 4 aromatic carbocycles. The van der Waals surface area contributed by atoms with E-state index in [-0.39, 0.29) is 23.8 Å². The highest BCUT2D eigenvalue weighted by Crippen LogP contribution is 2.27. The monoisotopic (exact) mass is 617 g/mol. The van der Waals surface area contributed by atoms with Crippen molar-refractivity contribution in [1.29, 1.82) is 0 Å². The van der Waals surface area contributed by atoms with Crippen LogP contribution in [0, 0.1) is 20.8 Å². The molecule has 0 saturated carbocycles. The van der Waals surface area contributed by atoms with E-state index >= 15 is 0 Å². The lowest BCUT2D eigenvalue weighted by molar-refractivity contribution is -0.139. The zero-order chi connectivity index (χ0) is 31.1. The van der Waals surface area contributed by atoms with Crippen LogP contribution in [0.1, 0.15) is 27.8 Å². The molecule has 0 fully saturated rings. The second-order valence-electron chi connectivity index (χ2n) is 10.6. The lowest BCUT2D eigenvalue weighted by Gasteiger charge is -2.33. The van der Waals surface area contributed by atoms with Crippen molar-refractivity contribution < 1.29 is 18.0 Å². The molecule has 4 rings (SSSR count). The molecule has 0 aliphatic carbocycles. The number of anilines is 1. The van der Waals surface area contributed by atoms with E-state index in [9.17, 15) is 18.0 Å². The number of likely N-dealkylation sites (N-methyl/N-ethyl adjacent to an activating group) is 1. The number of aryl methyl sites for hydroxylation is 3. The van der Waals surface area contributed by atoms with Crippen LogP contribution in [0.25, 0.3) is 0 Å². The number of hydrogen-bond acceptors (Lipinski definition) is 4. The highest BCUT2D eigenvalue weighted by atomic mass is 35.5. The molecule has 43 heavy (non-hydrogen) atoms. The summed E-state index contributed by atoms with van der Waals surface area (Å²) in [5.41, 5.74) is 4.72. The largest absolute Gasteiger partial charge is 0.357 e. The van der Waals surface area contributed by atoms with Crippen molar-refractivity contribution in [2.24, 2.45) is 0 Å². The van der Waals surface area contributed by atoms with Crippen LogP contribution < -0.4 is 9.62 Å². The predicted octanol–water partition coefficient (Wildman–Crippen LogP) is 5.85. The molecular weight excluding hydrogens is 582 g/mol. The van der Waals surface area contributed by atoms with E-state index in [0.29, 0.717) is 16.3 Å². The molecule has 224 valence electrons. The van der Waals surface area contributed by atoms with Crippen molar-refractivity contribution in [3.63, 3.8) is 0 Å². The Bertz CT molecular complexity index is 1690. The molecule has 1 atom stereocenters. The number of rotatable bonds is 11. The minimum atomic E-state index is -4.15. The van der Waals surface area contributed by atoms with Crippen molar-refractivity contribution in [1.82, 2.24) is 10.2 Å². The third kappa shape index (κ3) is 7.83. The minimum Gasteiger partial charge on any atom is -0.357 e. The predicted molar refractivity (Wildman–Crippen MR) is 172 cm³/mol. The summed E-state index contributed by atoms with van der Waals surface area (Å²) in [6.07, 6.45) is 0.237. The van der Waals surface area contributed by atoms with Gasteiger partial charge in [-0.15, -0.1) is 0 Å². The van der Waals surface area contributed by atoms with Gasteiger partial charge in [0.1, 0.15) is 12.6 Å². The Morgan fingerprint density at radius 2 is 1.49 bits per heavy atom. The summed E-state index contributed by atoms with van der Waals surface area (Å²) < 4.78 is 29.3. The van der Waals surface area contributed by atoms with Gasteiger partial charge in [0.25, 0.3) is 10.0 Å². The Morgan fingerprint density at radius 3 is 2.12 bits per heavy atom. The quantitative estimate of drug-likeness (QED) is 0.229. The number of carbonyl (C=O) groups excluding carboxylic acids is 2. The molecule has 0 aromatic heterocycles. The van der Waals surface area contributed by atoms with Crippen LogP contribution in [-0.2, 0) is 32.6 Å². The minimum absolute atomic E-state index is 0.0512. The molecule has 0 aliphatic heterocycles. The van der Waals surface area contributed by atoms with Gasteiger partial charge in [0.2, 0.25) is 11.8 Å². The zero-order valence-electron chi connectivity index (χ0n) is 24.7. The van der Waals surface area contributed by atoms with E-state index in [1.165, 1.54) is 24.1 Å². The number of nitrogens with one attached hydrogen (secondary N) is 1. The van der Waals surface area contributed by atoms with Crippen molar-refractivity contribution in [2.45, 2.75) is 44.7 Å². The Kier molecular flexibility index (Phi) is 10.3. The third-order valence-electron chi connectivity index (χ3n) is 7.43. The number of hydrogen-bond donors (Lipinski definition) is 1. The summed E-state index contributed by atoms with van der Waals surface area (Å²) in [6.45, 7) is 5.25. The van der Waals surface area contributed by atoms with Gasteiger partial charge in [-0.3, -0.25) is 13.9 Å². The Labute approximate surface area is 259 Å². The first kappa shape index (κ1) is 31.8. The summed E-state index contributed by atoms with van der Waals surface area (Å²) in [6, 6.07) is 27.3. The van der Waals surface area contributed by atoms with Crippen molar-refractivity contribution >= 4 is 39.1 Å². The van der Waals surface area contributed by atoms with Crippen molar-refractivity contribution in [2.75, 3.05) is 17.9 Å². The Balaban J connectivity index is 1.80. The number of carbonyl (C=O) groups is 2. The summed E-state index contributed by atoms with van der Waals surface area (Å²) in [5, 5.41) is 3.18. The fourth-order valence-electron chi connectivity index (χ4n) is 4.80. The average molecular weight is 618 g/mol. The molecule has 9 heteroatoms. The maximum Gasteiger partial charge on any atom is 0.264 e. The van der Waals surface area contributed by atoms with Gasteiger partial charge >= 0.3 is 0 Å². The van der Waals surface area contributed by atoms with E-state index in [0.717, 1.165) is 26.6 Å². The molecule has 2 amide bonds. The summed E-state index contributed by atoms with van der Waals surface area (Å²) in [7, 11) is -2.64. The normalized spacial score (nSPS) is 11.9. The first-order valence-electron chi connectivity index (χ1n) is 14.0. The second-order valence-corrected chi connectivity index (χ2v) is 12.9. The molecule has 1 N–H and O–H groups in total. The third-order valence-corrected chi connectivity index (χ3v) is 9.45. The standard InChI is InChI=1S/C34H36ClN3O4S/c1-24-13-17-31(18-14-24)43(41,42)38(30-16-15-25(2)26(3)19-30)23-33(39)37(22-28-11-8-12-29(35)20-28)32(34(40)36-4)21-27-9-6-5-7-10-27/h5-20,32H,21-23H2,1-4H3,(H,36,40)/t32-/m1/s1. The van der Waals surface area contributed by atoms with E-state index in [4.69, 9.17) is 11.6 Å². The topological polar surface area (TPSA) is 86.8 Å². The van der Waals surface area contributed by atoms with Gasteiger partial charge in [-0.1, -0.05) is 77.8 Å². The first-order valence-corrected chi connectivity index (χ1v) is 15.8. The fraction of sp³-hybridized carbons (Fsp3) is 0.235. The van der Waals surface area contributed by atoms with Crippen molar-refractivity contribution in [3.05, 3.63) is 130 Å². The molecular formula is C34H36ClN3O4S. The lowest BCUT2D eigenvalue weighted by Crippen LogP contribution is -2.53. The van der Waals surface area contributed by atoms with Crippen molar-refractivity contribution in [3.8, 4) is 0 Å². The van der Waals surface area contributed by atoms with Crippen LogP contribution in [-0.4, -0.2) is 44.8 Å². The van der Waals surface area contributed by atoms with Gasteiger partial charge in [-0.2, -0.15) is 0 Å². The van der Waals surface area contributed by atoms with Crippen LogP contribution in [0.2, 0.25) is 5.02 Å². The Morgan fingerprint density at radius 1 is 0.814 bits per heavy atom. The molecule has 0 unspecified atom stereocenters. The van der Waals surface area contributed by atoms with Gasteiger partial charge in [-0.05, 0) is 79.4 Å². The van der Waals surface area contributed by atoms with E-state index in [1.807, 2.05) is 63.2 Å². The summed E-state index contributed by atoms with van der Waals surface area (Å²) >= 11 is 6.27. The molecule has 0 heterocycles. The maximum atomic E-state index is 14.4. The summed E-state index contributed by atoms with van der Waals surface area (Å²) in [5.74, 6) is -0.892. The first-order chi connectivity index (χ1) is 20.5. The number of amides is 2. The maximum absolute atomic E-state index is 14.4. The lowest BCUT2D eigenvalue weighted by atomic mass is 10.0. The number of sulfonamides is 1. The highest BCUT2D eigenvalue weighted by Gasteiger charge is 2.34. The molecule has 0 aliphatic rings. The van der Waals surface area contributed by atoms with Gasteiger partial charge < -0.3 is 10.2 Å². The number of benzene rings is 4. The zero-order valence-corrected chi connectivity index (χ0v) is 26.3. The highest BCUT2D eigenvalue weighted by molar-refractivity contribution is 7.92. The van der Waals surface area contributed by atoms with Gasteiger partial charge in [0, 0.05) is 25.0 Å². The molecule has 7 nitrogen and oxygen atoms in total. The molecule has 0 spiro atoms. The molecule has 4 aromatic rings. The Hall–Kier alpha value is -4.14. The SMILES string of the molecule is CNC(=O)[C@@H](Cc1ccccc1)N(Cc1cccc(Cl)c1)C(=O)CN(c1ccc(C)c(C)c1)S(=O)(=O)c1ccc(C)cc1. The van der Waals surface area contributed by atoms with Crippen LogP contribution >= 0.6 is 11.6 Å². The summed E-state index contributed by atoms with van der Waals surface area (Å²) in [4.78, 5) is 29.2. The second kappa shape index (κ2) is 13.9. The van der Waals surface area contributed by atoms with Gasteiger partial charge in [0.15, 0.2) is 0 Å². The van der Waals surface area contributed by atoms with E-state index < -0.39 is 28.5 Å². The fourth-order valence-corrected chi connectivity index (χ4v) is 6.42. The average Bonchev–Trinajstić information content (AvgIpc) is 2.99. The molecule has 0 bridgehead atoms. The van der Waals surface area contributed by atoms with Gasteiger partial charge in [0.05, 0.1) is 10.6 Å². The van der Waals surface area contributed by atoms with Crippen LogP contribution in [0.15, 0.2) is 102 Å². The van der Waals surface area contributed by atoms with Crippen LogP contribution in [0.3, 0.4) is 0 Å². The van der Waals surface area contributed by atoms with E-state index in [2.05, 4.69) is 5.32 Å². The number of nitrogens with zero attached hydrogens (tertiary/aromatic N) is 2. The number of halogens is 1. The van der Waals surface area contributed by atoms with Crippen LogP contribution in [0.5, 0.6) is 0 Å². The van der Waals surface area contributed by atoms with Gasteiger partial charge in [-0.25, -0.2) is 8.42 Å². The van der Waals surface area contributed by atoms with E-state index in [1.54, 1.807) is 42.5 Å². The molecule has 0 saturated heterocycles. The van der Waals surface area contributed by atoms with Crippen LogP contribution in [0.4, 0.5) is 5.69 Å². The smallest absolute Gasteiger partial charge is 0.264 e. The molecule has 0 radical (unpaired) electrons.